The number of amides is 1. The lowest BCUT2D eigenvalue weighted by atomic mass is 9.92. The molecule has 3 N–H and O–H groups in total. The summed E-state index contributed by atoms with van der Waals surface area (Å²) in [5.74, 6) is -0.950. The number of unbranched alkanes of at least 4 members (excludes halogenated alkanes) is 1. The smallest absolute Gasteiger partial charge is 0.323 e. The maximum atomic E-state index is 13.4. The molecule has 1 aromatic carbocycles. The number of ether oxygens (including phenoxy) is 1. The van der Waals surface area contributed by atoms with Gasteiger partial charge in [0.05, 0.1) is 12.6 Å². The lowest BCUT2D eigenvalue weighted by Gasteiger charge is -2.31. The van der Waals surface area contributed by atoms with Gasteiger partial charge in [-0.25, -0.2) is 0 Å². The number of benzene rings is 1. The molecule has 0 unspecified atom stereocenters. The molecular weight excluding hydrogens is 446 g/mol. The standard InChI is InChI=1S/C27H41N3O5/c1-3-35-27(34)24(11-7-4-8-20-12-14-28-15-13-20)29-19(2)26(33)30(18-25(31)32)23-16-21-9-5-6-10-22(21)17-23/h5-6,9-10,19-20,23-24,28-29H,3-4,7-8,11-18H2,1-2H3,(H,31,32)/t19-,24-/m0/s1. The minimum atomic E-state index is -1.04. The Morgan fingerprint density at radius 2 is 1.80 bits per heavy atom. The maximum Gasteiger partial charge on any atom is 0.323 e. The van der Waals surface area contributed by atoms with E-state index < -0.39 is 18.1 Å². The van der Waals surface area contributed by atoms with Crippen LogP contribution in [0.4, 0.5) is 0 Å². The summed E-state index contributed by atoms with van der Waals surface area (Å²) in [5, 5.41) is 16.0. The Bertz CT molecular complexity index is 830. The number of carboxylic acids is 1. The Hall–Kier alpha value is -2.45. The number of esters is 1. The van der Waals surface area contributed by atoms with Crippen molar-refractivity contribution in [1.82, 2.24) is 15.5 Å². The number of aliphatic carboxylic acids is 1. The molecule has 1 fully saturated rings. The van der Waals surface area contributed by atoms with Crippen LogP contribution < -0.4 is 10.6 Å². The molecule has 1 amide bonds. The number of fused-ring (bicyclic) bond motifs is 1. The fourth-order valence-electron chi connectivity index (χ4n) is 5.37. The van der Waals surface area contributed by atoms with Gasteiger partial charge in [-0.2, -0.15) is 0 Å². The average molecular weight is 488 g/mol. The summed E-state index contributed by atoms with van der Waals surface area (Å²) < 4.78 is 5.27. The highest BCUT2D eigenvalue weighted by molar-refractivity contribution is 5.86. The number of carboxylic acid groups (broad SMARTS) is 1. The zero-order valence-corrected chi connectivity index (χ0v) is 21.1. The van der Waals surface area contributed by atoms with Crippen LogP contribution in [-0.4, -0.2) is 72.2 Å². The van der Waals surface area contributed by atoms with E-state index in [9.17, 15) is 19.5 Å². The predicted molar refractivity (Wildman–Crippen MR) is 134 cm³/mol. The van der Waals surface area contributed by atoms with Crippen LogP contribution in [-0.2, 0) is 32.0 Å². The van der Waals surface area contributed by atoms with Crippen LogP contribution in [0, 0.1) is 5.92 Å². The lowest BCUT2D eigenvalue weighted by Crippen LogP contribution is -2.54. The van der Waals surface area contributed by atoms with Crippen LogP contribution in [0.2, 0.25) is 0 Å². The van der Waals surface area contributed by atoms with Gasteiger partial charge in [0.25, 0.3) is 0 Å². The average Bonchev–Trinajstić information content (AvgIpc) is 3.28. The first-order valence-electron chi connectivity index (χ1n) is 13.1. The SMILES string of the molecule is CCOC(=O)[C@H](CCCCC1CCNCC1)N[C@@H](C)C(=O)N(CC(=O)O)C1Cc2ccccc2C1. The Morgan fingerprint density at radius 1 is 1.14 bits per heavy atom. The van der Waals surface area contributed by atoms with E-state index in [0.29, 0.717) is 19.3 Å². The van der Waals surface area contributed by atoms with E-state index in [1.165, 1.54) is 17.7 Å². The predicted octanol–water partition coefficient (Wildman–Crippen LogP) is 2.54. The number of rotatable bonds is 13. The Kier molecular flexibility index (Phi) is 10.5. The van der Waals surface area contributed by atoms with Crippen LogP contribution in [0.5, 0.6) is 0 Å². The molecule has 2 aliphatic rings. The van der Waals surface area contributed by atoms with Gasteiger partial charge in [0.15, 0.2) is 0 Å². The summed E-state index contributed by atoms with van der Waals surface area (Å²) in [6.07, 6.45) is 7.34. The fraction of sp³-hybridized carbons (Fsp3) is 0.667. The molecule has 1 aliphatic heterocycles. The van der Waals surface area contributed by atoms with Gasteiger partial charge in [-0.1, -0.05) is 43.5 Å². The Morgan fingerprint density at radius 3 is 2.40 bits per heavy atom. The van der Waals surface area contributed by atoms with E-state index in [1.807, 2.05) is 24.3 Å². The van der Waals surface area contributed by atoms with Gasteiger partial charge in [0.1, 0.15) is 12.6 Å². The zero-order valence-electron chi connectivity index (χ0n) is 21.1. The van der Waals surface area contributed by atoms with Gasteiger partial charge >= 0.3 is 11.9 Å². The molecule has 0 spiro atoms. The normalized spacial score (nSPS) is 18.0. The molecule has 0 aromatic heterocycles. The molecule has 1 aliphatic carbocycles. The first kappa shape index (κ1) is 27.1. The van der Waals surface area contributed by atoms with Crippen molar-refractivity contribution in [2.45, 2.75) is 83.3 Å². The number of nitrogens with zero attached hydrogens (tertiary/aromatic N) is 1. The summed E-state index contributed by atoms with van der Waals surface area (Å²) in [7, 11) is 0. The molecule has 35 heavy (non-hydrogen) atoms. The number of carbonyl (C=O) groups excluding carboxylic acids is 2. The molecular formula is C27H41N3O5. The quantitative estimate of drug-likeness (QED) is 0.290. The van der Waals surface area contributed by atoms with Crippen molar-refractivity contribution in [2.75, 3.05) is 26.2 Å². The number of carbonyl (C=O) groups is 3. The number of hydrogen-bond donors (Lipinski definition) is 3. The van der Waals surface area contributed by atoms with Crippen molar-refractivity contribution in [3.63, 3.8) is 0 Å². The highest BCUT2D eigenvalue weighted by atomic mass is 16.5. The van der Waals surface area contributed by atoms with Crippen LogP contribution in [0.25, 0.3) is 0 Å². The number of piperidine rings is 1. The van der Waals surface area contributed by atoms with Crippen molar-refractivity contribution in [2.24, 2.45) is 5.92 Å². The topological polar surface area (TPSA) is 108 Å². The zero-order chi connectivity index (χ0) is 25.2. The van der Waals surface area contributed by atoms with Crippen molar-refractivity contribution in [3.8, 4) is 0 Å². The molecule has 8 nitrogen and oxygen atoms in total. The fourth-order valence-corrected chi connectivity index (χ4v) is 5.37. The van der Waals surface area contributed by atoms with Crippen LogP contribution in [0.1, 0.15) is 63.5 Å². The summed E-state index contributed by atoms with van der Waals surface area (Å²) >= 11 is 0. The van der Waals surface area contributed by atoms with Crippen molar-refractivity contribution < 1.29 is 24.2 Å². The van der Waals surface area contributed by atoms with E-state index in [0.717, 1.165) is 49.4 Å². The number of hydrogen-bond acceptors (Lipinski definition) is 6. The largest absolute Gasteiger partial charge is 0.480 e. The Balaban J connectivity index is 1.58. The van der Waals surface area contributed by atoms with Gasteiger partial charge in [-0.05, 0) is 76.1 Å². The van der Waals surface area contributed by atoms with Crippen LogP contribution in [0.3, 0.4) is 0 Å². The third kappa shape index (κ3) is 8.04. The highest BCUT2D eigenvalue weighted by Crippen LogP contribution is 2.26. The molecule has 194 valence electrons. The van der Waals surface area contributed by atoms with E-state index in [4.69, 9.17) is 4.74 Å². The van der Waals surface area contributed by atoms with E-state index >= 15 is 0 Å². The minimum absolute atomic E-state index is 0.203. The van der Waals surface area contributed by atoms with E-state index in [-0.39, 0.29) is 31.1 Å². The molecule has 0 saturated carbocycles. The van der Waals surface area contributed by atoms with Gasteiger partial charge in [-0.15, -0.1) is 0 Å². The Labute approximate surface area is 208 Å². The van der Waals surface area contributed by atoms with Gasteiger partial charge in [-0.3, -0.25) is 19.7 Å². The summed E-state index contributed by atoms with van der Waals surface area (Å²) in [5.41, 5.74) is 2.30. The highest BCUT2D eigenvalue weighted by Gasteiger charge is 2.34. The molecule has 0 bridgehead atoms. The molecule has 2 atom stereocenters. The second kappa shape index (κ2) is 13.6. The molecule has 1 heterocycles. The first-order valence-corrected chi connectivity index (χ1v) is 13.1. The van der Waals surface area contributed by atoms with E-state index in [2.05, 4.69) is 10.6 Å². The van der Waals surface area contributed by atoms with Gasteiger partial charge < -0.3 is 20.1 Å². The second-order valence-corrected chi connectivity index (χ2v) is 9.86. The molecule has 1 aromatic rings. The molecule has 1 saturated heterocycles. The third-order valence-electron chi connectivity index (χ3n) is 7.27. The molecule has 3 rings (SSSR count). The summed E-state index contributed by atoms with van der Waals surface area (Å²) in [4.78, 5) is 39.1. The number of nitrogens with one attached hydrogen (secondary N) is 2. The van der Waals surface area contributed by atoms with Gasteiger partial charge in [0, 0.05) is 6.04 Å². The molecule has 0 radical (unpaired) electrons. The minimum Gasteiger partial charge on any atom is -0.480 e. The third-order valence-corrected chi connectivity index (χ3v) is 7.27. The molecule has 8 heteroatoms. The van der Waals surface area contributed by atoms with Crippen molar-refractivity contribution >= 4 is 17.8 Å². The second-order valence-electron chi connectivity index (χ2n) is 9.86. The summed E-state index contributed by atoms with van der Waals surface area (Å²) in [6.45, 7) is 5.56. The van der Waals surface area contributed by atoms with Crippen molar-refractivity contribution in [1.29, 1.82) is 0 Å². The maximum absolute atomic E-state index is 13.4. The first-order chi connectivity index (χ1) is 16.9. The summed E-state index contributed by atoms with van der Waals surface area (Å²) in [6, 6.07) is 6.49. The van der Waals surface area contributed by atoms with Gasteiger partial charge in [0.2, 0.25) is 5.91 Å². The van der Waals surface area contributed by atoms with Crippen LogP contribution >= 0.6 is 0 Å². The van der Waals surface area contributed by atoms with Crippen molar-refractivity contribution in [3.05, 3.63) is 35.4 Å². The lowest BCUT2D eigenvalue weighted by molar-refractivity contribution is -0.149. The van der Waals surface area contributed by atoms with Crippen LogP contribution in [0.15, 0.2) is 24.3 Å². The van der Waals surface area contributed by atoms with E-state index in [1.54, 1.807) is 13.8 Å². The monoisotopic (exact) mass is 487 g/mol.